The Balaban J connectivity index is 0. The summed E-state index contributed by atoms with van der Waals surface area (Å²) in [5.41, 5.74) is 1.22. The number of allylic oxidation sites excluding steroid dienone is 2. The van der Waals surface area contributed by atoms with Crippen LogP contribution in [0, 0.1) is 6.08 Å². The Kier molecular flexibility index (Phi) is 10.8. The Morgan fingerprint density at radius 1 is 1.33 bits per heavy atom. The van der Waals surface area contributed by atoms with Gasteiger partial charge in [0, 0.05) is 26.8 Å². The summed E-state index contributed by atoms with van der Waals surface area (Å²) in [5.74, 6) is -0.702. The SMILES string of the molecule is C[C-]=C(C)CCCCC(=O)O.[Re]. The first kappa shape index (κ1) is 14.4. The molecule has 3 heteroatoms. The molecule has 0 rings (SSSR count). The largest absolute Gasteiger partial charge is 0.501 e. The molecule has 12 heavy (non-hydrogen) atoms. The van der Waals surface area contributed by atoms with Crippen molar-refractivity contribution in [3.8, 4) is 0 Å². The van der Waals surface area contributed by atoms with Gasteiger partial charge in [0.2, 0.25) is 0 Å². The molecule has 0 amide bonds. The number of carboxylic acids is 1. The second-order valence-electron chi connectivity index (χ2n) is 2.63. The Morgan fingerprint density at radius 2 is 1.83 bits per heavy atom. The molecule has 0 aliphatic rings. The average molecular weight is 341 g/mol. The quantitative estimate of drug-likeness (QED) is 0.616. The number of unbranched alkanes of at least 4 members (excludes halogenated alkanes) is 1. The first-order valence-corrected chi connectivity index (χ1v) is 3.88. The van der Waals surface area contributed by atoms with Gasteiger partial charge in [-0.2, -0.15) is 6.92 Å². The van der Waals surface area contributed by atoms with Crippen LogP contribution in [0.15, 0.2) is 5.57 Å². The van der Waals surface area contributed by atoms with Crippen LogP contribution in [0.25, 0.3) is 0 Å². The van der Waals surface area contributed by atoms with Crippen LogP contribution in [0.1, 0.15) is 39.5 Å². The number of aliphatic carboxylic acids is 1. The van der Waals surface area contributed by atoms with Crippen LogP contribution < -0.4 is 0 Å². The van der Waals surface area contributed by atoms with Crippen molar-refractivity contribution in [1.29, 1.82) is 0 Å². The van der Waals surface area contributed by atoms with E-state index in [0.29, 0.717) is 0 Å². The average Bonchev–Trinajstić information content (AvgIpc) is 1.97. The Bertz CT molecular complexity index is 153. The van der Waals surface area contributed by atoms with E-state index in [-0.39, 0.29) is 26.8 Å². The van der Waals surface area contributed by atoms with Crippen LogP contribution in [0.5, 0.6) is 0 Å². The van der Waals surface area contributed by atoms with Gasteiger partial charge >= 0.3 is 5.97 Å². The normalized spacial score (nSPS) is 10.7. The minimum Gasteiger partial charge on any atom is -0.501 e. The smallest absolute Gasteiger partial charge is 0.303 e. The van der Waals surface area contributed by atoms with Gasteiger partial charge in [-0.05, 0) is 6.42 Å². The molecular formula is C9H15O2Re-. The summed E-state index contributed by atoms with van der Waals surface area (Å²) in [6.07, 6.45) is 6.02. The van der Waals surface area contributed by atoms with Crippen molar-refractivity contribution in [2.45, 2.75) is 39.5 Å². The predicted octanol–water partition coefficient (Wildman–Crippen LogP) is 2.40. The predicted molar refractivity (Wildman–Crippen MR) is 44.2 cm³/mol. The van der Waals surface area contributed by atoms with E-state index >= 15 is 0 Å². The maximum atomic E-state index is 10.1. The van der Waals surface area contributed by atoms with Crippen molar-refractivity contribution < 1.29 is 30.3 Å². The van der Waals surface area contributed by atoms with Gasteiger partial charge in [-0.25, -0.2) is 0 Å². The molecule has 0 bridgehead atoms. The van der Waals surface area contributed by atoms with E-state index in [1.807, 2.05) is 13.8 Å². The fraction of sp³-hybridized carbons (Fsp3) is 0.667. The van der Waals surface area contributed by atoms with Crippen molar-refractivity contribution in [2.24, 2.45) is 0 Å². The van der Waals surface area contributed by atoms with Gasteiger partial charge in [-0.3, -0.25) is 10.4 Å². The summed E-state index contributed by atoms with van der Waals surface area (Å²) >= 11 is 0. The molecule has 0 atom stereocenters. The Morgan fingerprint density at radius 3 is 2.25 bits per heavy atom. The molecule has 0 saturated carbocycles. The van der Waals surface area contributed by atoms with Crippen LogP contribution >= 0.6 is 0 Å². The number of hydrogen-bond acceptors (Lipinski definition) is 1. The van der Waals surface area contributed by atoms with E-state index in [9.17, 15) is 4.79 Å². The minimum atomic E-state index is -0.702. The van der Waals surface area contributed by atoms with Crippen LogP contribution in [0.2, 0.25) is 0 Å². The Hall–Kier alpha value is -0.128. The molecule has 0 heterocycles. The van der Waals surface area contributed by atoms with E-state index in [2.05, 4.69) is 6.08 Å². The van der Waals surface area contributed by atoms with Crippen LogP contribution in [0.3, 0.4) is 0 Å². The number of carboxylic acid groups (broad SMARTS) is 1. The molecule has 1 N–H and O–H groups in total. The summed E-state index contributed by atoms with van der Waals surface area (Å²) in [6.45, 7) is 3.90. The maximum absolute atomic E-state index is 10.1. The summed E-state index contributed by atoms with van der Waals surface area (Å²) in [4.78, 5) is 10.1. The molecule has 0 saturated heterocycles. The van der Waals surface area contributed by atoms with Crippen molar-refractivity contribution in [3.05, 3.63) is 11.6 Å². The van der Waals surface area contributed by atoms with E-state index in [0.717, 1.165) is 19.3 Å². The van der Waals surface area contributed by atoms with Crippen LogP contribution in [0.4, 0.5) is 0 Å². The minimum absolute atomic E-state index is 0. The standard InChI is InChI=1S/C9H15O2.Re/c1-3-8(2)6-4-5-7-9(10)11;/h4-7H2,1-2H3,(H,10,11);/q-1;. The number of rotatable bonds is 5. The van der Waals surface area contributed by atoms with Gasteiger partial charge in [-0.15, -0.1) is 0 Å². The van der Waals surface area contributed by atoms with Gasteiger partial charge in [-0.1, -0.05) is 19.8 Å². The fourth-order valence-electron chi connectivity index (χ4n) is 0.791. The second-order valence-corrected chi connectivity index (χ2v) is 2.63. The fourth-order valence-corrected chi connectivity index (χ4v) is 0.791. The van der Waals surface area contributed by atoms with Crippen molar-refractivity contribution in [1.82, 2.24) is 0 Å². The summed E-state index contributed by atoms with van der Waals surface area (Å²) in [6, 6.07) is 0. The molecule has 0 aromatic heterocycles. The van der Waals surface area contributed by atoms with Gasteiger partial charge in [0.1, 0.15) is 0 Å². The molecule has 2 nitrogen and oxygen atoms in total. The third-order valence-corrected chi connectivity index (χ3v) is 1.62. The molecule has 0 spiro atoms. The summed E-state index contributed by atoms with van der Waals surface area (Å²) in [7, 11) is 0. The molecular weight excluding hydrogens is 326 g/mol. The molecule has 1 radical (unpaired) electrons. The van der Waals surface area contributed by atoms with E-state index in [1.54, 1.807) is 0 Å². The zero-order valence-electron chi connectivity index (χ0n) is 7.56. The van der Waals surface area contributed by atoms with Gasteiger partial charge in [0.15, 0.2) is 0 Å². The third-order valence-electron chi connectivity index (χ3n) is 1.62. The zero-order valence-corrected chi connectivity index (χ0v) is 10.3. The van der Waals surface area contributed by atoms with Gasteiger partial charge in [0.25, 0.3) is 0 Å². The van der Waals surface area contributed by atoms with Gasteiger partial charge in [0.05, 0.1) is 0 Å². The molecule has 0 unspecified atom stereocenters. The van der Waals surface area contributed by atoms with E-state index in [1.165, 1.54) is 5.57 Å². The van der Waals surface area contributed by atoms with Gasteiger partial charge < -0.3 is 11.2 Å². The number of carbonyl (C=O) groups is 1. The number of hydrogen-bond donors (Lipinski definition) is 1. The second kappa shape index (κ2) is 8.96. The van der Waals surface area contributed by atoms with E-state index in [4.69, 9.17) is 5.11 Å². The van der Waals surface area contributed by atoms with Crippen molar-refractivity contribution in [2.75, 3.05) is 0 Å². The first-order chi connectivity index (χ1) is 5.16. The van der Waals surface area contributed by atoms with E-state index < -0.39 is 5.97 Å². The molecule has 0 aromatic carbocycles. The Labute approximate surface area is 87.7 Å². The molecule has 0 aromatic rings. The van der Waals surface area contributed by atoms with Crippen LogP contribution in [-0.2, 0) is 25.2 Å². The molecule has 0 aliphatic heterocycles. The first-order valence-electron chi connectivity index (χ1n) is 3.88. The topological polar surface area (TPSA) is 37.3 Å². The monoisotopic (exact) mass is 342 g/mol. The van der Waals surface area contributed by atoms with Crippen LogP contribution in [-0.4, -0.2) is 11.1 Å². The maximum Gasteiger partial charge on any atom is 0.303 e. The third kappa shape index (κ3) is 9.87. The molecule has 0 aliphatic carbocycles. The molecule has 71 valence electrons. The summed E-state index contributed by atoms with van der Waals surface area (Å²) < 4.78 is 0. The zero-order chi connectivity index (χ0) is 8.69. The van der Waals surface area contributed by atoms with Crippen molar-refractivity contribution >= 4 is 5.97 Å². The van der Waals surface area contributed by atoms with Crippen molar-refractivity contribution in [3.63, 3.8) is 0 Å². The summed E-state index contributed by atoms with van der Waals surface area (Å²) in [5, 5.41) is 8.31. The molecule has 0 fully saturated rings.